The normalized spacial score (nSPS) is 11.3. The molecule has 3 aromatic heterocycles. The van der Waals surface area contributed by atoms with E-state index in [4.69, 9.17) is 9.72 Å². The van der Waals surface area contributed by atoms with Gasteiger partial charge in [0.15, 0.2) is 5.16 Å². The van der Waals surface area contributed by atoms with Gasteiger partial charge in [-0.25, -0.2) is 24.2 Å². The molecule has 0 amide bonds. The van der Waals surface area contributed by atoms with Crippen LogP contribution in [0.2, 0.25) is 0 Å². The van der Waals surface area contributed by atoms with Gasteiger partial charge >= 0.3 is 11.7 Å². The molecule has 0 fully saturated rings. The second-order valence-electron chi connectivity index (χ2n) is 8.22. The van der Waals surface area contributed by atoms with Crippen LogP contribution in [0.1, 0.15) is 32.9 Å². The number of methoxy groups -OCH3 is 1. The summed E-state index contributed by atoms with van der Waals surface area (Å²) < 4.78 is 8.73. The van der Waals surface area contributed by atoms with Crippen LogP contribution in [0.4, 0.5) is 0 Å². The first kappa shape index (κ1) is 24.1. The smallest absolute Gasteiger partial charge is 0.350 e. The number of thioether (sulfide) groups is 1. The first-order chi connectivity index (χ1) is 17.4. The summed E-state index contributed by atoms with van der Waals surface area (Å²) in [4.78, 5) is 31.3. The van der Waals surface area contributed by atoms with Crippen LogP contribution in [-0.4, -0.2) is 43.1 Å². The highest BCUT2D eigenvalue weighted by molar-refractivity contribution is 7.99. The minimum absolute atomic E-state index is 0.269. The molecule has 0 aliphatic heterocycles. The maximum atomic E-state index is 12.5. The highest BCUT2D eigenvalue weighted by Gasteiger charge is 2.24. The summed E-state index contributed by atoms with van der Waals surface area (Å²) >= 11 is 3.07. The third-order valence-electron chi connectivity index (χ3n) is 5.97. The van der Waals surface area contributed by atoms with E-state index in [2.05, 4.69) is 46.0 Å². The van der Waals surface area contributed by atoms with Gasteiger partial charge in [-0.1, -0.05) is 61.2 Å². The number of aromatic nitrogens is 5. The number of fused-ring (bicyclic) bond motifs is 1. The van der Waals surface area contributed by atoms with Gasteiger partial charge in [-0.3, -0.25) is 0 Å². The van der Waals surface area contributed by atoms with Crippen LogP contribution in [0.15, 0.2) is 58.5 Å². The molecule has 1 N–H and O–H groups in total. The second kappa shape index (κ2) is 9.79. The molecule has 0 aliphatic carbocycles. The zero-order valence-electron chi connectivity index (χ0n) is 20.4. The lowest BCUT2D eigenvalue weighted by Crippen LogP contribution is -2.16. The van der Waals surface area contributed by atoms with Crippen LogP contribution in [0.5, 0.6) is 0 Å². The van der Waals surface area contributed by atoms with Crippen molar-refractivity contribution in [2.75, 3.05) is 12.9 Å². The Labute approximate surface area is 216 Å². The molecule has 0 aliphatic rings. The van der Waals surface area contributed by atoms with Crippen LogP contribution in [-0.2, 0) is 11.3 Å². The average molecular weight is 520 g/mol. The van der Waals surface area contributed by atoms with Gasteiger partial charge in [-0.2, -0.15) is 5.10 Å². The van der Waals surface area contributed by atoms with Crippen molar-refractivity contribution in [1.82, 2.24) is 24.3 Å². The van der Waals surface area contributed by atoms with Crippen molar-refractivity contribution in [1.29, 1.82) is 0 Å². The average Bonchev–Trinajstić information content (AvgIpc) is 3.52. The number of imidazole rings is 1. The first-order valence-electron chi connectivity index (χ1n) is 11.5. The zero-order valence-corrected chi connectivity index (χ0v) is 22.0. The fourth-order valence-corrected chi connectivity index (χ4v) is 6.06. The molecule has 0 saturated carbocycles. The van der Waals surface area contributed by atoms with Gasteiger partial charge in [0.25, 0.3) is 0 Å². The molecule has 0 unspecified atom stereocenters. The number of ether oxygens (including phenoxy) is 1. The minimum atomic E-state index is -0.343. The Morgan fingerprint density at radius 2 is 1.89 bits per heavy atom. The van der Waals surface area contributed by atoms with E-state index in [1.165, 1.54) is 18.4 Å². The number of nitrogens with one attached hydrogen (secondary N) is 1. The van der Waals surface area contributed by atoms with Crippen molar-refractivity contribution in [3.63, 3.8) is 0 Å². The fraction of sp³-hybridized carbons (Fsp3) is 0.231. The number of carbonyl (C=O) groups excluding carboxylic acids is 1. The van der Waals surface area contributed by atoms with Gasteiger partial charge in [-0.05, 0) is 36.8 Å². The molecule has 0 saturated heterocycles. The highest BCUT2D eigenvalue weighted by atomic mass is 32.2. The minimum Gasteiger partial charge on any atom is -0.465 e. The van der Waals surface area contributed by atoms with Gasteiger partial charge in [0.2, 0.25) is 0 Å². The molecule has 3 heterocycles. The number of hydrogen-bond acceptors (Lipinski definition) is 7. The van der Waals surface area contributed by atoms with Crippen LogP contribution in [0.3, 0.4) is 0 Å². The van der Waals surface area contributed by atoms with Crippen molar-refractivity contribution in [3.05, 3.63) is 80.2 Å². The Bertz CT molecular complexity index is 1630. The van der Waals surface area contributed by atoms with Crippen molar-refractivity contribution >= 4 is 40.1 Å². The zero-order chi connectivity index (χ0) is 25.4. The molecule has 5 aromatic rings. The van der Waals surface area contributed by atoms with Crippen molar-refractivity contribution < 1.29 is 9.53 Å². The Hall–Kier alpha value is -3.63. The number of hydrogen-bond donors (Lipinski definition) is 1. The van der Waals surface area contributed by atoms with Crippen molar-refractivity contribution in [3.8, 4) is 16.8 Å². The lowest BCUT2D eigenvalue weighted by atomic mass is 10.0. The molecule has 36 heavy (non-hydrogen) atoms. The van der Waals surface area contributed by atoms with Crippen LogP contribution >= 0.6 is 23.1 Å². The molecule has 2 aromatic carbocycles. The van der Waals surface area contributed by atoms with E-state index in [0.29, 0.717) is 17.2 Å². The molecule has 5 rings (SSSR count). The van der Waals surface area contributed by atoms with E-state index < -0.39 is 0 Å². The summed E-state index contributed by atoms with van der Waals surface area (Å²) in [7, 11) is 1.40. The number of para-hydroxylation sites is 1. The van der Waals surface area contributed by atoms with Gasteiger partial charge in [0.05, 0.1) is 24.9 Å². The molecular formula is C26H25N5O3S2. The van der Waals surface area contributed by atoms with Crippen molar-refractivity contribution in [2.45, 2.75) is 32.5 Å². The Balaban J connectivity index is 1.54. The summed E-state index contributed by atoms with van der Waals surface area (Å²) in [6.07, 6.45) is 0. The topological polar surface area (TPSA) is 94.8 Å². The lowest BCUT2D eigenvalue weighted by molar-refractivity contribution is 0.0608. The van der Waals surface area contributed by atoms with Crippen molar-refractivity contribution in [2.24, 2.45) is 0 Å². The number of benzene rings is 2. The Morgan fingerprint density at radius 3 is 2.56 bits per heavy atom. The fourth-order valence-electron chi connectivity index (χ4n) is 4.32. The number of H-pyrrole nitrogens is 1. The van der Waals surface area contributed by atoms with Crippen LogP contribution in [0, 0.1) is 13.8 Å². The summed E-state index contributed by atoms with van der Waals surface area (Å²) in [6, 6.07) is 16.0. The SMILES string of the molecule is CCSc1nc2c(C)sc(C(=O)OC)c2n1Cc1ccc(-c2ccccc2-n2c(C)n[nH]c2=O)cc1. The van der Waals surface area contributed by atoms with Gasteiger partial charge in [0, 0.05) is 10.4 Å². The molecule has 0 spiro atoms. The Kier molecular flexibility index (Phi) is 6.55. The highest BCUT2D eigenvalue weighted by Crippen LogP contribution is 2.35. The third kappa shape index (κ3) is 4.16. The third-order valence-corrected chi connectivity index (χ3v) is 7.89. The summed E-state index contributed by atoms with van der Waals surface area (Å²) in [6.45, 7) is 6.44. The van der Waals surface area contributed by atoms with Gasteiger partial charge < -0.3 is 9.30 Å². The molecule has 0 radical (unpaired) electrons. The molecule has 10 heteroatoms. The standard InChI is InChI=1S/C26H25N5O3S2/c1-5-35-26-27-21-15(2)36-23(24(32)34-4)22(21)30(26)14-17-10-12-18(13-11-17)19-8-6-7-9-20(19)31-16(3)28-29-25(31)33/h6-13H,5,14H2,1-4H3,(H,29,33). The monoisotopic (exact) mass is 519 g/mol. The maximum absolute atomic E-state index is 12.5. The quantitative estimate of drug-likeness (QED) is 0.235. The predicted molar refractivity (Wildman–Crippen MR) is 144 cm³/mol. The summed E-state index contributed by atoms with van der Waals surface area (Å²) in [5, 5.41) is 7.43. The number of carbonyl (C=O) groups is 1. The van der Waals surface area contributed by atoms with Gasteiger partial charge in [0.1, 0.15) is 16.2 Å². The molecule has 8 nitrogen and oxygen atoms in total. The van der Waals surface area contributed by atoms with E-state index in [0.717, 1.165) is 49.2 Å². The predicted octanol–water partition coefficient (Wildman–Crippen LogP) is 5.20. The number of rotatable bonds is 7. The molecule has 0 bridgehead atoms. The van der Waals surface area contributed by atoms with E-state index in [-0.39, 0.29) is 11.7 Å². The Morgan fingerprint density at radius 1 is 1.14 bits per heavy atom. The number of thiophene rings is 1. The summed E-state index contributed by atoms with van der Waals surface area (Å²) in [5.41, 5.74) is 5.17. The van der Waals surface area contributed by atoms with E-state index in [1.807, 2.05) is 31.2 Å². The summed E-state index contributed by atoms with van der Waals surface area (Å²) in [5.74, 6) is 1.13. The van der Waals surface area contributed by atoms with Crippen LogP contribution < -0.4 is 5.69 Å². The number of nitrogens with zero attached hydrogens (tertiary/aromatic N) is 4. The molecule has 0 atom stereocenters. The van der Waals surface area contributed by atoms with E-state index in [1.54, 1.807) is 23.3 Å². The second-order valence-corrected chi connectivity index (χ2v) is 10.7. The first-order valence-corrected chi connectivity index (χ1v) is 13.3. The maximum Gasteiger partial charge on any atom is 0.350 e. The molecule has 184 valence electrons. The van der Waals surface area contributed by atoms with Gasteiger partial charge in [-0.15, -0.1) is 11.3 Å². The number of aromatic amines is 1. The van der Waals surface area contributed by atoms with Crippen LogP contribution in [0.25, 0.3) is 27.8 Å². The largest absolute Gasteiger partial charge is 0.465 e. The number of aryl methyl sites for hydroxylation is 2. The molecular weight excluding hydrogens is 494 g/mol. The van der Waals surface area contributed by atoms with E-state index in [9.17, 15) is 9.59 Å². The lowest BCUT2D eigenvalue weighted by Gasteiger charge is -2.12. The van der Waals surface area contributed by atoms with E-state index >= 15 is 0 Å². The number of esters is 1.